The number of hydrogen-bond acceptors (Lipinski definition) is 4. The first-order valence-electron chi connectivity index (χ1n) is 7.38. The van der Waals surface area contributed by atoms with E-state index in [-0.39, 0.29) is 30.6 Å². The Kier molecular flexibility index (Phi) is 5.07. The molecule has 0 aromatic heterocycles. The van der Waals surface area contributed by atoms with E-state index in [1.54, 1.807) is 18.2 Å². The van der Waals surface area contributed by atoms with Crippen LogP contribution in [0, 0.1) is 5.92 Å². The lowest BCUT2D eigenvalue weighted by Gasteiger charge is -2.35. The van der Waals surface area contributed by atoms with E-state index in [1.165, 1.54) is 6.07 Å². The van der Waals surface area contributed by atoms with E-state index in [2.05, 4.69) is 12.2 Å². The molecule has 21 heavy (non-hydrogen) atoms. The first-order valence-corrected chi connectivity index (χ1v) is 7.38. The molecule has 116 valence electrons. The van der Waals surface area contributed by atoms with Crippen LogP contribution in [0.15, 0.2) is 24.3 Å². The first kappa shape index (κ1) is 15.6. The van der Waals surface area contributed by atoms with Crippen LogP contribution in [0.4, 0.5) is 0 Å². The average Bonchev–Trinajstić information content (AvgIpc) is 2.44. The van der Waals surface area contributed by atoms with E-state index in [9.17, 15) is 15.0 Å². The first-order chi connectivity index (χ1) is 9.98. The monoisotopic (exact) mass is 293 g/mol. The lowest BCUT2D eigenvalue weighted by Crippen LogP contribution is -2.46. The fraction of sp³-hybridized carbons (Fsp3) is 0.562. The van der Waals surface area contributed by atoms with E-state index < -0.39 is 5.60 Å². The van der Waals surface area contributed by atoms with Gasteiger partial charge in [-0.3, -0.25) is 4.79 Å². The third-order valence-corrected chi connectivity index (χ3v) is 3.91. The molecule has 0 radical (unpaired) electrons. The fourth-order valence-electron chi connectivity index (χ4n) is 2.83. The summed E-state index contributed by atoms with van der Waals surface area (Å²) >= 11 is 0. The summed E-state index contributed by atoms with van der Waals surface area (Å²) in [6.07, 6.45) is 3.56. The van der Waals surface area contributed by atoms with E-state index in [0.717, 1.165) is 19.3 Å². The Bertz CT molecular complexity index is 491. The summed E-state index contributed by atoms with van der Waals surface area (Å²) in [6, 6.07) is 6.50. The van der Waals surface area contributed by atoms with Gasteiger partial charge >= 0.3 is 0 Å². The van der Waals surface area contributed by atoms with Gasteiger partial charge in [0.2, 0.25) is 0 Å². The summed E-state index contributed by atoms with van der Waals surface area (Å²) < 4.78 is 5.25. The molecular weight excluding hydrogens is 270 g/mol. The Morgan fingerprint density at radius 2 is 2.24 bits per heavy atom. The number of carbonyl (C=O) groups is 1. The van der Waals surface area contributed by atoms with Crippen molar-refractivity contribution in [1.29, 1.82) is 0 Å². The number of aliphatic hydroxyl groups is 1. The van der Waals surface area contributed by atoms with Crippen LogP contribution < -0.4 is 10.1 Å². The minimum atomic E-state index is -0.803. The predicted molar refractivity (Wildman–Crippen MR) is 79.2 cm³/mol. The Morgan fingerprint density at radius 1 is 1.48 bits per heavy atom. The molecule has 1 fully saturated rings. The minimum Gasteiger partial charge on any atom is -0.504 e. The molecule has 2 unspecified atom stereocenters. The van der Waals surface area contributed by atoms with Crippen molar-refractivity contribution < 1.29 is 19.7 Å². The zero-order chi connectivity index (χ0) is 15.3. The van der Waals surface area contributed by atoms with Crippen molar-refractivity contribution in [3.8, 4) is 11.5 Å². The van der Waals surface area contributed by atoms with Gasteiger partial charge in [-0.2, -0.15) is 0 Å². The Balaban J connectivity index is 1.76. The summed E-state index contributed by atoms with van der Waals surface area (Å²) in [6.45, 7) is 2.19. The third kappa shape index (κ3) is 4.63. The van der Waals surface area contributed by atoms with Crippen LogP contribution in [-0.2, 0) is 4.79 Å². The van der Waals surface area contributed by atoms with E-state index in [4.69, 9.17) is 4.74 Å². The zero-order valence-corrected chi connectivity index (χ0v) is 12.3. The van der Waals surface area contributed by atoms with Crippen LogP contribution in [0.25, 0.3) is 0 Å². The molecular formula is C16H23NO4. The number of nitrogens with one attached hydrogen (secondary N) is 1. The summed E-state index contributed by atoms with van der Waals surface area (Å²) in [4.78, 5) is 11.8. The highest BCUT2D eigenvalue weighted by atomic mass is 16.5. The normalized spacial score (nSPS) is 25.3. The molecule has 2 rings (SSSR count). The maximum Gasteiger partial charge on any atom is 0.258 e. The standard InChI is InChI=1S/C16H23NO4/c1-12-5-4-8-16(20,9-12)11-17-15(19)10-21-14-7-3-2-6-13(14)18/h2-3,6-7,12,18,20H,4-5,8-11H2,1H3,(H,17,19). The van der Waals surface area contributed by atoms with Gasteiger partial charge in [0.15, 0.2) is 18.1 Å². The van der Waals surface area contributed by atoms with Crippen molar-refractivity contribution in [3.05, 3.63) is 24.3 Å². The lowest BCUT2D eigenvalue weighted by atomic mass is 9.79. The molecule has 1 aliphatic carbocycles. The number of rotatable bonds is 5. The SMILES string of the molecule is CC1CCCC(O)(CNC(=O)COc2ccccc2O)C1. The number of aromatic hydroxyl groups is 1. The topological polar surface area (TPSA) is 78.8 Å². The number of hydrogen-bond donors (Lipinski definition) is 3. The van der Waals surface area contributed by atoms with Crippen molar-refractivity contribution >= 4 is 5.91 Å². The number of phenolic OH excluding ortho intramolecular Hbond substituents is 1. The highest BCUT2D eigenvalue weighted by molar-refractivity contribution is 5.77. The second-order valence-corrected chi connectivity index (χ2v) is 5.96. The molecule has 1 saturated carbocycles. The number of para-hydroxylation sites is 2. The summed E-state index contributed by atoms with van der Waals surface area (Å²) in [5.74, 6) is 0.464. The van der Waals surface area contributed by atoms with Crippen LogP contribution in [0.3, 0.4) is 0 Å². The number of benzene rings is 1. The van der Waals surface area contributed by atoms with Gasteiger partial charge in [0.1, 0.15) is 0 Å². The molecule has 1 aromatic rings. The quantitative estimate of drug-likeness (QED) is 0.774. The molecule has 0 aliphatic heterocycles. The zero-order valence-electron chi connectivity index (χ0n) is 12.3. The fourth-order valence-corrected chi connectivity index (χ4v) is 2.83. The van der Waals surface area contributed by atoms with Crippen molar-refractivity contribution in [3.63, 3.8) is 0 Å². The third-order valence-electron chi connectivity index (χ3n) is 3.91. The number of carbonyl (C=O) groups excluding carboxylic acids is 1. The molecule has 5 nitrogen and oxygen atoms in total. The molecule has 1 amide bonds. The van der Waals surface area contributed by atoms with Crippen LogP contribution in [0.5, 0.6) is 11.5 Å². The van der Waals surface area contributed by atoms with Gasteiger partial charge in [-0.05, 0) is 30.9 Å². The van der Waals surface area contributed by atoms with Gasteiger partial charge in [-0.25, -0.2) is 0 Å². The van der Waals surface area contributed by atoms with Gasteiger partial charge < -0.3 is 20.3 Å². The molecule has 3 N–H and O–H groups in total. The molecule has 0 heterocycles. The minimum absolute atomic E-state index is 0.00466. The largest absolute Gasteiger partial charge is 0.504 e. The Labute approximate surface area is 124 Å². The van der Waals surface area contributed by atoms with Crippen LogP contribution in [0.2, 0.25) is 0 Å². The van der Waals surface area contributed by atoms with E-state index in [1.807, 2.05) is 0 Å². The predicted octanol–water partition coefficient (Wildman–Crippen LogP) is 1.83. The average molecular weight is 293 g/mol. The van der Waals surface area contributed by atoms with Crippen LogP contribution in [0.1, 0.15) is 32.6 Å². The van der Waals surface area contributed by atoms with Crippen LogP contribution in [-0.4, -0.2) is 34.9 Å². The summed E-state index contributed by atoms with van der Waals surface area (Å²) in [5, 5.41) is 22.7. The van der Waals surface area contributed by atoms with Gasteiger partial charge in [-0.1, -0.05) is 31.9 Å². The van der Waals surface area contributed by atoms with E-state index in [0.29, 0.717) is 12.3 Å². The molecule has 0 bridgehead atoms. The van der Waals surface area contributed by atoms with Gasteiger partial charge in [0, 0.05) is 6.54 Å². The summed E-state index contributed by atoms with van der Waals surface area (Å²) in [7, 11) is 0. The maximum absolute atomic E-state index is 11.8. The van der Waals surface area contributed by atoms with Gasteiger partial charge in [0.25, 0.3) is 5.91 Å². The Hall–Kier alpha value is -1.75. The van der Waals surface area contributed by atoms with Crippen molar-refractivity contribution in [2.45, 2.75) is 38.2 Å². The molecule has 1 aromatic carbocycles. The number of phenols is 1. The van der Waals surface area contributed by atoms with E-state index >= 15 is 0 Å². The highest BCUT2D eigenvalue weighted by Crippen LogP contribution is 2.31. The van der Waals surface area contributed by atoms with Gasteiger partial charge in [0.05, 0.1) is 5.60 Å². The molecule has 0 spiro atoms. The second-order valence-electron chi connectivity index (χ2n) is 5.96. The number of ether oxygens (including phenoxy) is 1. The Morgan fingerprint density at radius 3 is 2.95 bits per heavy atom. The van der Waals surface area contributed by atoms with Crippen molar-refractivity contribution in [1.82, 2.24) is 5.32 Å². The number of amides is 1. The van der Waals surface area contributed by atoms with Gasteiger partial charge in [-0.15, -0.1) is 0 Å². The molecule has 2 atom stereocenters. The molecule has 0 saturated heterocycles. The smallest absolute Gasteiger partial charge is 0.258 e. The van der Waals surface area contributed by atoms with Crippen LogP contribution >= 0.6 is 0 Å². The summed E-state index contributed by atoms with van der Waals surface area (Å²) in [5.41, 5.74) is -0.803. The molecule has 1 aliphatic rings. The second kappa shape index (κ2) is 6.80. The maximum atomic E-state index is 11.8. The van der Waals surface area contributed by atoms with Crippen molar-refractivity contribution in [2.24, 2.45) is 5.92 Å². The van der Waals surface area contributed by atoms with Crippen molar-refractivity contribution in [2.75, 3.05) is 13.2 Å². The highest BCUT2D eigenvalue weighted by Gasteiger charge is 2.32. The molecule has 5 heteroatoms. The lowest BCUT2D eigenvalue weighted by molar-refractivity contribution is -0.125.